The van der Waals surface area contributed by atoms with Crippen LogP contribution >= 0.6 is 11.6 Å². The summed E-state index contributed by atoms with van der Waals surface area (Å²) in [5.74, 6) is -1.31. The van der Waals surface area contributed by atoms with Gasteiger partial charge in [-0.2, -0.15) is 0 Å². The molecule has 0 bridgehead atoms. The number of aromatic nitrogens is 1. The maximum absolute atomic E-state index is 14.2. The zero-order chi connectivity index (χ0) is 20.6. The Morgan fingerprint density at radius 1 is 1.07 bits per heavy atom. The quantitative estimate of drug-likeness (QED) is 0.488. The molecular weight excluding hydrogens is 397 g/mol. The summed E-state index contributed by atoms with van der Waals surface area (Å²) < 4.78 is 19.6. The molecule has 3 rings (SSSR count). The van der Waals surface area contributed by atoms with E-state index < -0.39 is 17.6 Å². The first kappa shape index (κ1) is 20.0. The Morgan fingerprint density at radius 3 is 2.62 bits per heavy atom. The number of pyridine rings is 1. The second-order valence-corrected chi connectivity index (χ2v) is 6.14. The number of benzene rings is 2. The molecule has 2 N–H and O–H groups in total. The molecule has 0 spiro atoms. The minimum Gasteiger partial charge on any atom is -0.453 e. The van der Waals surface area contributed by atoms with Crippen molar-refractivity contribution in [1.82, 2.24) is 15.8 Å². The summed E-state index contributed by atoms with van der Waals surface area (Å²) in [6, 6.07) is 14.0. The lowest BCUT2D eigenvalue weighted by Crippen LogP contribution is -2.40. The Balaban J connectivity index is 1.56. The zero-order valence-electron chi connectivity index (χ0n) is 14.9. The van der Waals surface area contributed by atoms with Crippen LogP contribution in [0.4, 0.5) is 4.39 Å². The predicted octanol–water partition coefficient (Wildman–Crippen LogP) is 4.14. The number of hydrogen-bond acceptors (Lipinski definition) is 4. The molecule has 1 aromatic heterocycles. The molecule has 0 saturated heterocycles. The van der Waals surface area contributed by atoms with Crippen molar-refractivity contribution in [3.8, 4) is 11.5 Å². The molecule has 0 atom stereocenters. The van der Waals surface area contributed by atoms with Gasteiger partial charge >= 0.3 is 0 Å². The standard InChI is InChI=1S/C21H15ClFN3O3/c22-17-6-2-1-5-16(17)21(28)26-25-20(27)10-8-14-7-9-19(18(23)12-14)29-15-4-3-11-24-13-15/h1-13H,(H,25,27)(H,26,28)/b10-8+. The third-order valence-corrected chi connectivity index (χ3v) is 3.99. The molecule has 0 aliphatic carbocycles. The zero-order valence-corrected chi connectivity index (χ0v) is 15.7. The lowest BCUT2D eigenvalue weighted by atomic mass is 10.2. The molecule has 146 valence electrons. The van der Waals surface area contributed by atoms with Crippen LogP contribution in [0.3, 0.4) is 0 Å². The highest BCUT2D eigenvalue weighted by atomic mass is 35.5. The van der Waals surface area contributed by atoms with Crippen molar-refractivity contribution in [2.45, 2.75) is 0 Å². The van der Waals surface area contributed by atoms with Crippen molar-refractivity contribution < 1.29 is 18.7 Å². The van der Waals surface area contributed by atoms with Gasteiger partial charge < -0.3 is 4.74 Å². The number of ether oxygens (including phenoxy) is 1. The molecule has 0 saturated carbocycles. The van der Waals surface area contributed by atoms with Gasteiger partial charge in [0.15, 0.2) is 11.6 Å². The van der Waals surface area contributed by atoms with Crippen molar-refractivity contribution in [3.05, 3.63) is 95.0 Å². The van der Waals surface area contributed by atoms with Gasteiger partial charge in [0.2, 0.25) is 0 Å². The number of hydrogen-bond donors (Lipinski definition) is 2. The Kier molecular flexibility index (Phi) is 6.55. The van der Waals surface area contributed by atoms with E-state index in [0.717, 1.165) is 6.08 Å². The molecule has 0 aliphatic heterocycles. The molecule has 0 aliphatic rings. The van der Waals surface area contributed by atoms with Crippen LogP contribution in [-0.2, 0) is 4.79 Å². The van der Waals surface area contributed by atoms with Gasteiger partial charge in [-0.15, -0.1) is 0 Å². The molecule has 3 aromatic rings. The van der Waals surface area contributed by atoms with Gasteiger partial charge in [0.25, 0.3) is 11.8 Å². The van der Waals surface area contributed by atoms with Gasteiger partial charge in [0.05, 0.1) is 16.8 Å². The molecule has 0 unspecified atom stereocenters. The molecule has 8 heteroatoms. The van der Waals surface area contributed by atoms with Crippen molar-refractivity contribution in [3.63, 3.8) is 0 Å². The van der Waals surface area contributed by atoms with Crippen molar-refractivity contribution in [1.29, 1.82) is 0 Å². The van der Waals surface area contributed by atoms with Crippen LogP contribution in [0.25, 0.3) is 6.08 Å². The summed E-state index contributed by atoms with van der Waals surface area (Å²) in [6.45, 7) is 0. The summed E-state index contributed by atoms with van der Waals surface area (Å²) in [7, 11) is 0. The molecule has 0 radical (unpaired) electrons. The number of halogens is 2. The summed E-state index contributed by atoms with van der Waals surface area (Å²) in [5, 5.41) is 0.263. The normalized spacial score (nSPS) is 10.6. The topological polar surface area (TPSA) is 80.3 Å². The van der Waals surface area contributed by atoms with Gasteiger partial charge in [-0.1, -0.05) is 29.8 Å². The SMILES string of the molecule is O=C(/C=C/c1ccc(Oc2cccnc2)c(F)c1)NNC(=O)c1ccccc1Cl. The van der Waals surface area contributed by atoms with Gasteiger partial charge in [-0.05, 0) is 48.0 Å². The van der Waals surface area contributed by atoms with Crippen LogP contribution in [0.1, 0.15) is 15.9 Å². The maximum Gasteiger partial charge on any atom is 0.271 e. The average Bonchev–Trinajstić information content (AvgIpc) is 2.73. The molecule has 0 fully saturated rings. The second kappa shape index (κ2) is 9.48. The van der Waals surface area contributed by atoms with E-state index in [2.05, 4.69) is 15.8 Å². The Bertz CT molecular complexity index is 1060. The highest BCUT2D eigenvalue weighted by molar-refractivity contribution is 6.33. The van der Waals surface area contributed by atoms with Crippen molar-refractivity contribution >= 4 is 29.5 Å². The van der Waals surface area contributed by atoms with E-state index in [1.807, 2.05) is 0 Å². The first-order valence-electron chi connectivity index (χ1n) is 8.43. The van der Waals surface area contributed by atoms with E-state index in [1.54, 1.807) is 42.6 Å². The van der Waals surface area contributed by atoms with E-state index >= 15 is 0 Å². The number of rotatable bonds is 5. The molecule has 1 heterocycles. The van der Waals surface area contributed by atoms with E-state index in [9.17, 15) is 14.0 Å². The number of amides is 2. The van der Waals surface area contributed by atoms with E-state index in [0.29, 0.717) is 11.3 Å². The minimum atomic E-state index is -0.596. The van der Waals surface area contributed by atoms with Crippen LogP contribution in [-0.4, -0.2) is 16.8 Å². The minimum absolute atomic E-state index is 0.0339. The van der Waals surface area contributed by atoms with Gasteiger partial charge in [0.1, 0.15) is 5.75 Å². The lowest BCUT2D eigenvalue weighted by Gasteiger charge is -2.07. The average molecular weight is 412 g/mol. The van der Waals surface area contributed by atoms with Gasteiger partial charge in [0, 0.05) is 12.3 Å². The summed E-state index contributed by atoms with van der Waals surface area (Å²) in [6.07, 6.45) is 5.60. The van der Waals surface area contributed by atoms with E-state index in [1.165, 1.54) is 30.5 Å². The third-order valence-electron chi connectivity index (χ3n) is 3.66. The highest BCUT2D eigenvalue weighted by Crippen LogP contribution is 2.24. The first-order chi connectivity index (χ1) is 14.0. The Hall–Kier alpha value is -3.71. The third kappa shape index (κ3) is 5.63. The van der Waals surface area contributed by atoms with Crippen LogP contribution in [0.2, 0.25) is 5.02 Å². The molecule has 6 nitrogen and oxygen atoms in total. The fourth-order valence-corrected chi connectivity index (χ4v) is 2.50. The van der Waals surface area contributed by atoms with Crippen LogP contribution < -0.4 is 15.6 Å². The molecular formula is C21H15ClFN3O3. The first-order valence-corrected chi connectivity index (χ1v) is 8.81. The van der Waals surface area contributed by atoms with E-state index in [-0.39, 0.29) is 16.3 Å². The highest BCUT2D eigenvalue weighted by Gasteiger charge is 2.10. The van der Waals surface area contributed by atoms with Crippen molar-refractivity contribution in [2.75, 3.05) is 0 Å². The second-order valence-electron chi connectivity index (χ2n) is 5.74. The monoisotopic (exact) mass is 411 g/mol. The molecule has 29 heavy (non-hydrogen) atoms. The predicted molar refractivity (Wildman–Crippen MR) is 107 cm³/mol. The number of nitrogens with one attached hydrogen (secondary N) is 2. The Labute approximate surface area is 171 Å². The summed E-state index contributed by atoms with van der Waals surface area (Å²) in [4.78, 5) is 27.7. The fraction of sp³-hybridized carbons (Fsp3) is 0. The fourth-order valence-electron chi connectivity index (χ4n) is 2.28. The molecule has 2 aromatic carbocycles. The maximum atomic E-state index is 14.2. The summed E-state index contributed by atoms with van der Waals surface area (Å²) in [5.41, 5.74) is 5.14. The number of carbonyl (C=O) groups is 2. The summed E-state index contributed by atoms with van der Waals surface area (Å²) >= 11 is 5.92. The largest absolute Gasteiger partial charge is 0.453 e. The van der Waals surface area contributed by atoms with E-state index in [4.69, 9.17) is 16.3 Å². The molecule has 2 amide bonds. The van der Waals surface area contributed by atoms with Gasteiger partial charge in [-0.3, -0.25) is 25.4 Å². The van der Waals surface area contributed by atoms with Crippen LogP contribution in [0.15, 0.2) is 73.1 Å². The number of hydrazine groups is 1. The number of carbonyl (C=O) groups excluding carboxylic acids is 2. The van der Waals surface area contributed by atoms with Crippen LogP contribution in [0.5, 0.6) is 11.5 Å². The van der Waals surface area contributed by atoms with Crippen LogP contribution in [0, 0.1) is 5.82 Å². The van der Waals surface area contributed by atoms with Gasteiger partial charge in [-0.25, -0.2) is 4.39 Å². The lowest BCUT2D eigenvalue weighted by molar-refractivity contribution is -0.117. The number of nitrogens with zero attached hydrogens (tertiary/aromatic N) is 1. The Morgan fingerprint density at radius 2 is 1.90 bits per heavy atom. The van der Waals surface area contributed by atoms with Crippen molar-refractivity contribution in [2.24, 2.45) is 0 Å². The smallest absolute Gasteiger partial charge is 0.271 e.